The van der Waals surface area contributed by atoms with Crippen LogP contribution in [0, 0.1) is 11.3 Å². The number of carbonyl (C=O) groups is 1. The molecule has 2 aromatic rings. The fraction of sp³-hybridized carbons (Fsp3) is 0.294. The van der Waals surface area contributed by atoms with Crippen molar-refractivity contribution in [2.75, 3.05) is 26.2 Å². The molecule has 0 atom stereocenters. The van der Waals surface area contributed by atoms with Crippen molar-refractivity contribution in [3.05, 3.63) is 59.5 Å². The minimum absolute atomic E-state index is 0.0298. The van der Waals surface area contributed by atoms with E-state index in [-0.39, 0.29) is 5.91 Å². The van der Waals surface area contributed by atoms with Crippen molar-refractivity contribution >= 4 is 5.91 Å². The molecular weight excluding hydrogens is 278 g/mol. The van der Waals surface area contributed by atoms with Crippen molar-refractivity contribution in [3.8, 4) is 6.07 Å². The lowest BCUT2D eigenvalue weighted by atomic mass is 10.1. The molecule has 0 N–H and O–H groups in total. The number of furan rings is 1. The van der Waals surface area contributed by atoms with Crippen molar-refractivity contribution in [2.45, 2.75) is 6.54 Å². The molecule has 2 heterocycles. The fourth-order valence-electron chi connectivity index (χ4n) is 2.60. The van der Waals surface area contributed by atoms with Crippen LogP contribution < -0.4 is 0 Å². The summed E-state index contributed by atoms with van der Waals surface area (Å²) < 4.78 is 5.35. The lowest BCUT2D eigenvalue weighted by Crippen LogP contribution is -2.48. The Hall–Kier alpha value is -2.58. The van der Waals surface area contributed by atoms with Gasteiger partial charge in [-0.1, -0.05) is 0 Å². The predicted octanol–water partition coefficient (Wildman–Crippen LogP) is 2.11. The molecule has 1 amide bonds. The summed E-state index contributed by atoms with van der Waals surface area (Å²) in [6, 6.07) is 12.7. The molecule has 1 aliphatic heterocycles. The van der Waals surface area contributed by atoms with Crippen LogP contribution in [0.25, 0.3) is 0 Å². The minimum Gasteiger partial charge on any atom is -0.468 e. The Balaban J connectivity index is 1.56. The number of benzene rings is 1. The zero-order chi connectivity index (χ0) is 15.4. The Morgan fingerprint density at radius 1 is 1.14 bits per heavy atom. The first-order valence-electron chi connectivity index (χ1n) is 7.30. The van der Waals surface area contributed by atoms with Gasteiger partial charge in [0.05, 0.1) is 24.4 Å². The van der Waals surface area contributed by atoms with E-state index in [9.17, 15) is 4.79 Å². The van der Waals surface area contributed by atoms with Gasteiger partial charge in [-0.05, 0) is 36.4 Å². The highest BCUT2D eigenvalue weighted by molar-refractivity contribution is 5.94. The van der Waals surface area contributed by atoms with Gasteiger partial charge in [-0.15, -0.1) is 0 Å². The number of hydrogen-bond acceptors (Lipinski definition) is 4. The van der Waals surface area contributed by atoms with Gasteiger partial charge in [0.15, 0.2) is 0 Å². The van der Waals surface area contributed by atoms with Crippen LogP contribution in [0.2, 0.25) is 0 Å². The van der Waals surface area contributed by atoms with Crippen LogP contribution in [0.15, 0.2) is 47.1 Å². The van der Waals surface area contributed by atoms with Gasteiger partial charge in [0.2, 0.25) is 0 Å². The maximum atomic E-state index is 12.4. The molecule has 3 rings (SSSR count). The quantitative estimate of drug-likeness (QED) is 0.870. The fourth-order valence-corrected chi connectivity index (χ4v) is 2.60. The van der Waals surface area contributed by atoms with E-state index in [1.54, 1.807) is 30.5 Å². The molecule has 1 aliphatic rings. The van der Waals surface area contributed by atoms with Gasteiger partial charge in [-0.25, -0.2) is 0 Å². The zero-order valence-corrected chi connectivity index (χ0v) is 12.2. The highest BCUT2D eigenvalue weighted by Gasteiger charge is 2.22. The second-order valence-corrected chi connectivity index (χ2v) is 5.34. The summed E-state index contributed by atoms with van der Waals surface area (Å²) >= 11 is 0. The second kappa shape index (κ2) is 6.46. The van der Waals surface area contributed by atoms with Crippen molar-refractivity contribution in [3.63, 3.8) is 0 Å². The SMILES string of the molecule is N#Cc1ccc(C(=O)N2CCN(Cc3ccco3)CC2)cc1. The maximum Gasteiger partial charge on any atom is 0.253 e. The number of amides is 1. The summed E-state index contributed by atoms with van der Waals surface area (Å²) in [7, 11) is 0. The van der Waals surface area contributed by atoms with Gasteiger partial charge in [0.25, 0.3) is 5.91 Å². The average molecular weight is 295 g/mol. The second-order valence-electron chi connectivity index (χ2n) is 5.34. The Bertz CT molecular complexity index is 663. The smallest absolute Gasteiger partial charge is 0.253 e. The first-order valence-corrected chi connectivity index (χ1v) is 7.30. The molecule has 22 heavy (non-hydrogen) atoms. The molecule has 0 radical (unpaired) electrons. The van der Waals surface area contributed by atoms with E-state index < -0.39 is 0 Å². The van der Waals surface area contributed by atoms with Crippen LogP contribution in [0.1, 0.15) is 21.7 Å². The Labute approximate surface area is 129 Å². The summed E-state index contributed by atoms with van der Waals surface area (Å²) in [5.74, 6) is 0.981. The molecule has 5 heteroatoms. The summed E-state index contributed by atoms with van der Waals surface area (Å²) in [5, 5.41) is 8.79. The molecular formula is C17H17N3O2. The minimum atomic E-state index is 0.0298. The summed E-state index contributed by atoms with van der Waals surface area (Å²) in [6.45, 7) is 3.87. The summed E-state index contributed by atoms with van der Waals surface area (Å²) in [4.78, 5) is 16.6. The summed E-state index contributed by atoms with van der Waals surface area (Å²) in [6.07, 6.45) is 1.68. The third-order valence-corrected chi connectivity index (χ3v) is 3.88. The number of nitrogens with zero attached hydrogens (tertiary/aromatic N) is 3. The Morgan fingerprint density at radius 3 is 2.45 bits per heavy atom. The molecule has 0 saturated carbocycles. The molecule has 112 valence electrons. The number of carbonyl (C=O) groups excluding carboxylic acids is 1. The van der Waals surface area contributed by atoms with Gasteiger partial charge < -0.3 is 9.32 Å². The van der Waals surface area contributed by atoms with Crippen molar-refractivity contribution < 1.29 is 9.21 Å². The van der Waals surface area contributed by atoms with E-state index in [1.165, 1.54) is 0 Å². The first kappa shape index (κ1) is 14.4. The standard InChI is InChI=1S/C17H17N3O2/c18-12-14-3-5-15(6-4-14)17(21)20-9-7-19(8-10-20)13-16-2-1-11-22-16/h1-6,11H,7-10,13H2. The zero-order valence-electron chi connectivity index (χ0n) is 12.2. The van der Waals surface area contributed by atoms with Gasteiger partial charge in [0, 0.05) is 31.7 Å². The highest BCUT2D eigenvalue weighted by Crippen LogP contribution is 2.12. The van der Waals surface area contributed by atoms with Gasteiger partial charge >= 0.3 is 0 Å². The van der Waals surface area contributed by atoms with Crippen LogP contribution in [0.3, 0.4) is 0 Å². The van der Waals surface area contributed by atoms with Crippen molar-refractivity contribution in [2.24, 2.45) is 0 Å². The number of hydrogen-bond donors (Lipinski definition) is 0. The van der Waals surface area contributed by atoms with Crippen molar-refractivity contribution in [1.82, 2.24) is 9.80 Å². The normalized spacial score (nSPS) is 15.5. The van der Waals surface area contributed by atoms with Gasteiger partial charge in [-0.3, -0.25) is 9.69 Å². The van der Waals surface area contributed by atoms with Gasteiger partial charge in [-0.2, -0.15) is 5.26 Å². The van der Waals surface area contributed by atoms with E-state index in [4.69, 9.17) is 9.68 Å². The molecule has 1 fully saturated rings. The lowest BCUT2D eigenvalue weighted by Gasteiger charge is -2.34. The van der Waals surface area contributed by atoms with E-state index in [0.29, 0.717) is 24.2 Å². The van der Waals surface area contributed by atoms with Crippen LogP contribution in [-0.4, -0.2) is 41.9 Å². The first-order chi connectivity index (χ1) is 10.8. The Kier molecular flexibility index (Phi) is 4.22. The van der Waals surface area contributed by atoms with Crippen molar-refractivity contribution in [1.29, 1.82) is 5.26 Å². The largest absolute Gasteiger partial charge is 0.468 e. The van der Waals surface area contributed by atoms with E-state index >= 15 is 0 Å². The molecule has 0 aliphatic carbocycles. The highest BCUT2D eigenvalue weighted by atomic mass is 16.3. The maximum absolute atomic E-state index is 12.4. The molecule has 0 bridgehead atoms. The number of nitriles is 1. The van der Waals surface area contributed by atoms with Gasteiger partial charge in [0.1, 0.15) is 5.76 Å². The van der Waals surface area contributed by atoms with Crippen LogP contribution >= 0.6 is 0 Å². The van der Waals surface area contributed by atoms with Crippen LogP contribution in [0.5, 0.6) is 0 Å². The number of rotatable bonds is 3. The summed E-state index contributed by atoms with van der Waals surface area (Å²) in [5.41, 5.74) is 1.21. The van der Waals surface area contributed by atoms with Crippen LogP contribution in [-0.2, 0) is 6.54 Å². The average Bonchev–Trinajstić information content (AvgIpc) is 3.08. The van der Waals surface area contributed by atoms with E-state index in [2.05, 4.69) is 11.0 Å². The predicted molar refractivity (Wildman–Crippen MR) is 81.0 cm³/mol. The van der Waals surface area contributed by atoms with E-state index in [1.807, 2.05) is 17.0 Å². The molecule has 5 nitrogen and oxygen atoms in total. The molecule has 1 saturated heterocycles. The van der Waals surface area contributed by atoms with Crippen LogP contribution in [0.4, 0.5) is 0 Å². The molecule has 1 aromatic carbocycles. The Morgan fingerprint density at radius 2 is 1.86 bits per heavy atom. The topological polar surface area (TPSA) is 60.5 Å². The number of piperazine rings is 1. The molecule has 1 aromatic heterocycles. The third kappa shape index (κ3) is 3.18. The third-order valence-electron chi connectivity index (χ3n) is 3.88. The lowest BCUT2D eigenvalue weighted by molar-refractivity contribution is 0.0620. The monoisotopic (exact) mass is 295 g/mol. The van der Waals surface area contributed by atoms with E-state index in [0.717, 1.165) is 25.4 Å². The molecule has 0 spiro atoms. The molecule has 0 unspecified atom stereocenters.